The summed E-state index contributed by atoms with van der Waals surface area (Å²) in [5.74, 6) is 0.467. The molecule has 0 aliphatic carbocycles. The summed E-state index contributed by atoms with van der Waals surface area (Å²) in [5.41, 5.74) is 2.34. The number of rotatable bonds is 3. The molecule has 0 N–H and O–H groups in total. The van der Waals surface area contributed by atoms with Crippen molar-refractivity contribution < 1.29 is 50.6 Å². The average molecular weight is 465 g/mol. The van der Waals surface area contributed by atoms with E-state index in [4.69, 9.17) is 0 Å². The van der Waals surface area contributed by atoms with Gasteiger partial charge in [0.05, 0.1) is 0 Å². The maximum Gasteiger partial charge on any atom is 0.573 e. The van der Waals surface area contributed by atoms with Crippen molar-refractivity contribution in [2.45, 2.75) is 39.5 Å². The van der Waals surface area contributed by atoms with E-state index in [2.05, 4.69) is 48.6 Å². The summed E-state index contributed by atoms with van der Waals surface area (Å²) in [4.78, 5) is 2.38. The van der Waals surface area contributed by atoms with E-state index in [1.807, 2.05) is 12.1 Å². The third-order valence-electron chi connectivity index (χ3n) is 5.21. The van der Waals surface area contributed by atoms with Crippen molar-refractivity contribution in [2.75, 3.05) is 18.0 Å². The Labute approximate surface area is 190 Å². The van der Waals surface area contributed by atoms with Crippen molar-refractivity contribution in [3.05, 3.63) is 60.2 Å². The van der Waals surface area contributed by atoms with Crippen LogP contribution in [0.2, 0.25) is 0 Å². The van der Waals surface area contributed by atoms with E-state index in [9.17, 15) is 13.2 Å². The number of halogens is 3. The molecular weight excluding hydrogens is 440 g/mol. The topological polar surface area (TPSA) is 12.5 Å². The van der Waals surface area contributed by atoms with Crippen LogP contribution in [-0.2, 0) is 32.7 Å². The van der Waals surface area contributed by atoms with Gasteiger partial charge in [-0.2, -0.15) is 18.2 Å². The maximum absolute atomic E-state index is 12.4. The Morgan fingerprint density at radius 1 is 1.07 bits per heavy atom. The van der Waals surface area contributed by atoms with Crippen LogP contribution in [-0.4, -0.2) is 19.5 Å². The minimum atomic E-state index is -4.66. The van der Waals surface area contributed by atoms with Gasteiger partial charge in [-0.3, -0.25) is 0 Å². The van der Waals surface area contributed by atoms with Gasteiger partial charge in [-0.05, 0) is 35.4 Å². The minimum Gasteiger partial charge on any atom is -0.406 e. The summed E-state index contributed by atoms with van der Waals surface area (Å²) >= 11 is 0. The second-order valence-electron chi connectivity index (χ2n) is 8.21. The van der Waals surface area contributed by atoms with Crippen LogP contribution in [0.3, 0.4) is 0 Å². The Hall–Kier alpha value is -1.07. The fourth-order valence-corrected chi connectivity index (χ4v) is 4.21. The fraction of sp³-hybridized carbons (Fsp3) is 0.455. The minimum absolute atomic E-state index is 0. The first-order chi connectivity index (χ1) is 12.6. The molecule has 1 aliphatic rings. The largest absolute Gasteiger partial charge is 0.573 e. The maximum atomic E-state index is 12.4. The van der Waals surface area contributed by atoms with Gasteiger partial charge in [0.2, 0.25) is 0 Å². The van der Waals surface area contributed by atoms with Crippen molar-refractivity contribution in [3.63, 3.8) is 0 Å². The number of hydrogen-bond donors (Lipinski definition) is 0. The van der Waals surface area contributed by atoms with Gasteiger partial charge in [-0.25, -0.2) is 0 Å². The Balaban J connectivity index is 0.00000280. The standard InChI is InChI=1S/C22H25F3NO.Y/c1-16-13-21(2,3)15-26(18-7-5-4-6-8-18)14-20(16)17-9-11-19(12-10-17)27-22(23,24)25;/h5-12,16,20H,13-15H2,1-3H3;/q-1;. The zero-order valence-corrected chi connectivity index (χ0v) is 19.3. The zero-order valence-electron chi connectivity index (χ0n) is 16.5. The molecular formula is C22H25F3NOY-. The molecule has 0 saturated carbocycles. The molecule has 2 atom stereocenters. The van der Waals surface area contributed by atoms with Crippen molar-refractivity contribution in [1.29, 1.82) is 0 Å². The predicted molar refractivity (Wildman–Crippen MR) is 101 cm³/mol. The smallest absolute Gasteiger partial charge is 0.406 e. The Bertz CT molecular complexity index is 747. The van der Waals surface area contributed by atoms with E-state index >= 15 is 0 Å². The predicted octanol–water partition coefficient (Wildman–Crippen LogP) is 6.04. The molecule has 1 fully saturated rings. The van der Waals surface area contributed by atoms with Crippen LogP contribution in [0.1, 0.15) is 38.7 Å². The van der Waals surface area contributed by atoms with Crippen molar-refractivity contribution in [1.82, 2.24) is 0 Å². The summed E-state index contributed by atoms with van der Waals surface area (Å²) < 4.78 is 41.2. The molecule has 149 valence electrons. The average Bonchev–Trinajstić information content (AvgIpc) is 2.70. The van der Waals surface area contributed by atoms with Crippen LogP contribution >= 0.6 is 0 Å². The zero-order chi connectivity index (χ0) is 19.7. The van der Waals surface area contributed by atoms with Gasteiger partial charge >= 0.3 is 6.36 Å². The van der Waals surface area contributed by atoms with Crippen LogP contribution in [0, 0.1) is 17.4 Å². The van der Waals surface area contributed by atoms with Crippen LogP contribution in [0.4, 0.5) is 18.9 Å². The molecule has 2 unspecified atom stereocenters. The van der Waals surface area contributed by atoms with Crippen LogP contribution in [0.15, 0.2) is 48.5 Å². The van der Waals surface area contributed by atoms with E-state index in [1.165, 1.54) is 12.1 Å². The molecule has 28 heavy (non-hydrogen) atoms. The van der Waals surface area contributed by atoms with E-state index in [0.29, 0.717) is 5.92 Å². The summed E-state index contributed by atoms with van der Waals surface area (Å²) in [5, 5.41) is 0. The van der Waals surface area contributed by atoms with Gasteiger partial charge in [0, 0.05) is 51.7 Å². The fourth-order valence-electron chi connectivity index (χ4n) is 4.21. The molecule has 1 radical (unpaired) electrons. The van der Waals surface area contributed by atoms with Crippen molar-refractivity contribution in [2.24, 2.45) is 11.3 Å². The Morgan fingerprint density at radius 3 is 2.25 bits per heavy atom. The Morgan fingerprint density at radius 2 is 1.68 bits per heavy atom. The van der Waals surface area contributed by atoms with Gasteiger partial charge < -0.3 is 9.64 Å². The second kappa shape index (κ2) is 9.17. The van der Waals surface area contributed by atoms with Gasteiger partial charge in [0.25, 0.3) is 0 Å². The van der Waals surface area contributed by atoms with E-state index in [1.54, 1.807) is 12.1 Å². The normalized spacial score (nSPS) is 22.1. The molecule has 2 aromatic carbocycles. The monoisotopic (exact) mass is 465 g/mol. The summed E-state index contributed by atoms with van der Waals surface area (Å²) in [6.45, 7) is 8.54. The summed E-state index contributed by atoms with van der Waals surface area (Å²) in [6, 6.07) is 17.3. The number of benzene rings is 2. The third-order valence-corrected chi connectivity index (χ3v) is 5.21. The van der Waals surface area contributed by atoms with Crippen LogP contribution < -0.4 is 9.64 Å². The van der Waals surface area contributed by atoms with Crippen LogP contribution in [0.25, 0.3) is 0 Å². The molecule has 1 saturated heterocycles. The van der Waals surface area contributed by atoms with Gasteiger partial charge in [-0.15, -0.1) is 25.3 Å². The SMILES string of the molecule is CC1CC(C)(C)CN(c2cc[c-]cc2)CC1c1ccc(OC(F)(F)F)cc1.[Y]. The molecule has 1 heterocycles. The number of nitrogens with zero attached hydrogens (tertiary/aromatic N) is 1. The quantitative estimate of drug-likeness (QED) is 0.513. The molecule has 2 aromatic rings. The molecule has 0 amide bonds. The van der Waals surface area contributed by atoms with Gasteiger partial charge in [0.1, 0.15) is 5.75 Å². The van der Waals surface area contributed by atoms with Gasteiger partial charge in [0.15, 0.2) is 0 Å². The molecule has 6 heteroatoms. The van der Waals surface area contributed by atoms with Crippen molar-refractivity contribution >= 4 is 5.69 Å². The summed E-state index contributed by atoms with van der Waals surface area (Å²) in [6.07, 6.45) is -3.61. The van der Waals surface area contributed by atoms with Gasteiger partial charge in [-0.1, -0.05) is 38.6 Å². The number of hydrogen-bond acceptors (Lipinski definition) is 2. The van der Waals surface area contributed by atoms with Crippen molar-refractivity contribution in [3.8, 4) is 5.75 Å². The van der Waals surface area contributed by atoms with Crippen LogP contribution in [0.5, 0.6) is 5.75 Å². The second-order valence-corrected chi connectivity index (χ2v) is 8.21. The number of alkyl halides is 3. The first kappa shape index (κ1) is 23.2. The first-order valence-electron chi connectivity index (χ1n) is 9.20. The number of ether oxygens (including phenoxy) is 1. The first-order valence-corrected chi connectivity index (χ1v) is 9.20. The van der Waals surface area contributed by atoms with E-state index in [-0.39, 0.29) is 49.8 Å². The Kier molecular flexibility index (Phi) is 7.60. The molecule has 1 aliphatic heterocycles. The molecule has 0 bridgehead atoms. The summed E-state index contributed by atoms with van der Waals surface area (Å²) in [7, 11) is 0. The third kappa shape index (κ3) is 6.22. The van der Waals surface area contributed by atoms with E-state index < -0.39 is 6.36 Å². The molecule has 2 nitrogen and oxygen atoms in total. The molecule has 0 aromatic heterocycles. The number of anilines is 1. The van der Waals surface area contributed by atoms with E-state index in [0.717, 1.165) is 30.8 Å². The molecule has 3 rings (SSSR count). The molecule has 0 spiro atoms.